The van der Waals surface area contributed by atoms with Gasteiger partial charge >= 0.3 is 5.97 Å². The Kier molecular flexibility index (Phi) is 4.94. The zero-order valence-electron chi connectivity index (χ0n) is 11.5. The van der Waals surface area contributed by atoms with E-state index in [-0.39, 0.29) is 24.4 Å². The number of benzene rings is 1. The second kappa shape index (κ2) is 6.71. The van der Waals surface area contributed by atoms with Crippen molar-refractivity contribution in [2.24, 2.45) is 0 Å². The SMILES string of the molecule is O=C(O)CCN(Cc1ccco1)S(=O)(=O)c1ccc(F)cc1. The highest BCUT2D eigenvalue weighted by Gasteiger charge is 2.26. The predicted octanol–water partition coefficient (Wildman–Crippen LogP) is 2.08. The fourth-order valence-electron chi connectivity index (χ4n) is 1.84. The molecular formula is C14H14FNO5S. The predicted molar refractivity (Wildman–Crippen MR) is 75.0 cm³/mol. The zero-order chi connectivity index (χ0) is 16.2. The number of carbonyl (C=O) groups is 1. The lowest BCUT2D eigenvalue weighted by Crippen LogP contribution is -2.32. The number of aliphatic carboxylic acids is 1. The maximum absolute atomic E-state index is 12.9. The van der Waals surface area contributed by atoms with Crippen LogP contribution in [0.5, 0.6) is 0 Å². The molecule has 118 valence electrons. The summed E-state index contributed by atoms with van der Waals surface area (Å²) in [6.07, 6.45) is 1.05. The van der Waals surface area contributed by atoms with Crippen LogP contribution < -0.4 is 0 Å². The minimum atomic E-state index is -3.95. The Hall–Kier alpha value is -2.19. The number of carboxylic acid groups (broad SMARTS) is 1. The molecule has 1 aromatic heterocycles. The van der Waals surface area contributed by atoms with Crippen molar-refractivity contribution in [1.82, 2.24) is 4.31 Å². The monoisotopic (exact) mass is 327 g/mol. The van der Waals surface area contributed by atoms with Crippen LogP contribution in [0.1, 0.15) is 12.2 Å². The molecule has 2 aromatic rings. The number of sulfonamides is 1. The molecule has 22 heavy (non-hydrogen) atoms. The highest BCUT2D eigenvalue weighted by Crippen LogP contribution is 2.19. The summed E-state index contributed by atoms with van der Waals surface area (Å²) in [6, 6.07) is 7.55. The van der Waals surface area contributed by atoms with Gasteiger partial charge < -0.3 is 9.52 Å². The summed E-state index contributed by atoms with van der Waals surface area (Å²) in [5, 5.41) is 8.77. The average Bonchev–Trinajstić information content (AvgIpc) is 2.96. The third-order valence-electron chi connectivity index (χ3n) is 2.94. The van der Waals surface area contributed by atoms with Crippen molar-refractivity contribution < 1.29 is 27.1 Å². The summed E-state index contributed by atoms with van der Waals surface area (Å²) in [6.45, 7) is -0.310. The second-order valence-electron chi connectivity index (χ2n) is 4.52. The summed E-state index contributed by atoms with van der Waals surface area (Å²) in [7, 11) is -3.95. The number of hydrogen-bond donors (Lipinski definition) is 1. The van der Waals surface area contributed by atoms with Crippen molar-refractivity contribution in [3.05, 3.63) is 54.2 Å². The molecule has 0 aliphatic heterocycles. The molecule has 0 saturated carbocycles. The Bertz CT molecular complexity index is 725. The van der Waals surface area contributed by atoms with Crippen LogP contribution in [0.2, 0.25) is 0 Å². The fourth-order valence-corrected chi connectivity index (χ4v) is 3.24. The fraction of sp³-hybridized carbons (Fsp3) is 0.214. The smallest absolute Gasteiger partial charge is 0.304 e. The molecule has 0 amide bonds. The van der Waals surface area contributed by atoms with Crippen LogP contribution in [0.15, 0.2) is 52.0 Å². The largest absolute Gasteiger partial charge is 0.481 e. The van der Waals surface area contributed by atoms with Gasteiger partial charge in [0.05, 0.1) is 24.1 Å². The first-order valence-corrected chi connectivity index (χ1v) is 7.83. The molecule has 0 unspecified atom stereocenters. The number of rotatable bonds is 7. The third kappa shape index (κ3) is 3.92. The summed E-state index contributed by atoms with van der Waals surface area (Å²) in [4.78, 5) is 10.6. The number of hydrogen-bond acceptors (Lipinski definition) is 4. The Morgan fingerprint density at radius 1 is 1.23 bits per heavy atom. The van der Waals surface area contributed by atoms with Gasteiger partial charge in [-0.05, 0) is 36.4 Å². The van der Waals surface area contributed by atoms with Gasteiger partial charge in [-0.15, -0.1) is 0 Å². The van der Waals surface area contributed by atoms with Gasteiger partial charge in [-0.3, -0.25) is 4.79 Å². The highest BCUT2D eigenvalue weighted by atomic mass is 32.2. The summed E-state index contributed by atoms with van der Waals surface area (Å²) >= 11 is 0. The molecule has 0 aliphatic carbocycles. The summed E-state index contributed by atoms with van der Waals surface area (Å²) in [5.41, 5.74) is 0. The molecule has 0 bridgehead atoms. The molecule has 0 spiro atoms. The molecule has 1 heterocycles. The van der Waals surface area contributed by atoms with Gasteiger partial charge in [-0.25, -0.2) is 12.8 Å². The topological polar surface area (TPSA) is 87.8 Å². The van der Waals surface area contributed by atoms with Gasteiger partial charge in [0.25, 0.3) is 0 Å². The van der Waals surface area contributed by atoms with Crippen LogP contribution in [0, 0.1) is 5.82 Å². The first kappa shape index (κ1) is 16.2. The van der Waals surface area contributed by atoms with E-state index in [0.717, 1.165) is 28.6 Å². The van der Waals surface area contributed by atoms with Crippen LogP contribution in [0.3, 0.4) is 0 Å². The van der Waals surface area contributed by atoms with E-state index >= 15 is 0 Å². The number of halogens is 1. The van der Waals surface area contributed by atoms with Crippen LogP contribution >= 0.6 is 0 Å². The van der Waals surface area contributed by atoms with Crippen molar-refractivity contribution >= 4 is 16.0 Å². The molecular weight excluding hydrogens is 313 g/mol. The lowest BCUT2D eigenvalue weighted by molar-refractivity contribution is -0.137. The number of nitrogens with zero attached hydrogens (tertiary/aromatic N) is 1. The van der Waals surface area contributed by atoms with Crippen molar-refractivity contribution in [3.63, 3.8) is 0 Å². The molecule has 0 fully saturated rings. The summed E-state index contributed by atoms with van der Waals surface area (Å²) < 4.78 is 44.1. The van der Waals surface area contributed by atoms with E-state index in [1.165, 1.54) is 6.26 Å². The Morgan fingerprint density at radius 3 is 2.45 bits per heavy atom. The van der Waals surface area contributed by atoms with E-state index in [9.17, 15) is 17.6 Å². The van der Waals surface area contributed by atoms with Gasteiger partial charge in [0, 0.05) is 6.54 Å². The third-order valence-corrected chi connectivity index (χ3v) is 4.80. The van der Waals surface area contributed by atoms with Crippen LogP contribution in [0.4, 0.5) is 4.39 Å². The van der Waals surface area contributed by atoms with Crippen molar-refractivity contribution in [2.45, 2.75) is 17.9 Å². The molecule has 6 nitrogen and oxygen atoms in total. The van der Waals surface area contributed by atoms with Crippen LogP contribution in [-0.4, -0.2) is 30.3 Å². The first-order valence-electron chi connectivity index (χ1n) is 6.39. The number of carboxylic acids is 1. The molecule has 0 saturated heterocycles. The quantitative estimate of drug-likeness (QED) is 0.841. The molecule has 8 heteroatoms. The molecule has 0 atom stereocenters. The van der Waals surface area contributed by atoms with E-state index in [1.807, 2.05) is 0 Å². The molecule has 1 aromatic carbocycles. The number of furan rings is 1. The van der Waals surface area contributed by atoms with Gasteiger partial charge in [-0.1, -0.05) is 0 Å². The molecule has 0 radical (unpaired) electrons. The normalized spacial score (nSPS) is 11.7. The molecule has 0 aliphatic rings. The van der Waals surface area contributed by atoms with Gasteiger partial charge in [0.15, 0.2) is 0 Å². The van der Waals surface area contributed by atoms with E-state index in [4.69, 9.17) is 9.52 Å². The average molecular weight is 327 g/mol. The Balaban J connectivity index is 2.29. The Morgan fingerprint density at radius 2 is 1.91 bits per heavy atom. The van der Waals surface area contributed by atoms with Crippen LogP contribution in [0.25, 0.3) is 0 Å². The minimum Gasteiger partial charge on any atom is -0.481 e. The molecule has 1 N–H and O–H groups in total. The standard InChI is InChI=1S/C14H14FNO5S/c15-11-3-5-13(6-4-11)22(19,20)16(8-7-14(17)18)10-12-2-1-9-21-12/h1-6,9H,7-8,10H2,(H,17,18). The second-order valence-corrected chi connectivity index (χ2v) is 6.45. The van der Waals surface area contributed by atoms with E-state index in [0.29, 0.717) is 5.76 Å². The molecule has 2 rings (SSSR count). The van der Waals surface area contributed by atoms with Gasteiger partial charge in [-0.2, -0.15) is 4.31 Å². The minimum absolute atomic E-state index is 0.0972. The van der Waals surface area contributed by atoms with Crippen LogP contribution in [-0.2, 0) is 21.4 Å². The Labute approximate surface area is 126 Å². The van der Waals surface area contributed by atoms with Gasteiger partial charge in [0.1, 0.15) is 11.6 Å². The van der Waals surface area contributed by atoms with E-state index < -0.39 is 21.8 Å². The summed E-state index contributed by atoms with van der Waals surface area (Å²) in [5.74, 6) is -1.28. The van der Waals surface area contributed by atoms with E-state index in [2.05, 4.69) is 0 Å². The van der Waals surface area contributed by atoms with Gasteiger partial charge in [0.2, 0.25) is 10.0 Å². The van der Waals surface area contributed by atoms with E-state index in [1.54, 1.807) is 12.1 Å². The lowest BCUT2D eigenvalue weighted by atomic mass is 10.4. The van der Waals surface area contributed by atoms with Crippen molar-refractivity contribution in [1.29, 1.82) is 0 Å². The maximum atomic E-state index is 12.9. The highest BCUT2D eigenvalue weighted by molar-refractivity contribution is 7.89. The van der Waals surface area contributed by atoms with Crippen molar-refractivity contribution in [2.75, 3.05) is 6.54 Å². The lowest BCUT2D eigenvalue weighted by Gasteiger charge is -2.20. The first-order chi connectivity index (χ1) is 10.4. The maximum Gasteiger partial charge on any atom is 0.304 e. The zero-order valence-corrected chi connectivity index (χ0v) is 12.3. The van der Waals surface area contributed by atoms with Crippen molar-refractivity contribution in [3.8, 4) is 0 Å².